The average molecular weight is 407 g/mol. The maximum absolute atomic E-state index is 12.7. The van der Waals surface area contributed by atoms with Crippen molar-refractivity contribution in [2.75, 3.05) is 25.5 Å². The first-order valence-corrected chi connectivity index (χ1v) is 10.4. The van der Waals surface area contributed by atoms with Crippen LogP contribution in [-0.4, -0.2) is 47.0 Å². The summed E-state index contributed by atoms with van der Waals surface area (Å²) in [4.78, 5) is 25.1. The average Bonchev–Trinajstić information content (AvgIpc) is 3.17. The predicted molar refractivity (Wildman–Crippen MR) is 115 cm³/mol. The second-order valence-corrected chi connectivity index (χ2v) is 8.40. The Hall–Kier alpha value is -3.02. The lowest BCUT2D eigenvalue weighted by molar-refractivity contribution is 0.0921. The van der Waals surface area contributed by atoms with Gasteiger partial charge in [0.2, 0.25) is 0 Å². The molecule has 7 nitrogen and oxygen atoms in total. The fourth-order valence-corrected chi connectivity index (χ4v) is 4.34. The van der Waals surface area contributed by atoms with E-state index in [1.807, 2.05) is 25.1 Å². The molecule has 29 heavy (non-hydrogen) atoms. The summed E-state index contributed by atoms with van der Waals surface area (Å²) >= 11 is 1.36. The number of fused-ring (bicyclic) bond motifs is 1. The smallest absolute Gasteiger partial charge is 0.261 e. The molecule has 0 saturated carbocycles. The van der Waals surface area contributed by atoms with Crippen molar-refractivity contribution in [2.24, 2.45) is 0 Å². The number of nitrogens with zero attached hydrogens (tertiary/aromatic N) is 4. The van der Waals surface area contributed by atoms with Crippen LogP contribution < -0.4 is 10.6 Å². The lowest BCUT2D eigenvalue weighted by Gasteiger charge is -2.29. The van der Waals surface area contributed by atoms with Crippen LogP contribution in [0.1, 0.15) is 33.6 Å². The number of aryl methyl sites for hydroxylation is 1. The Kier molecular flexibility index (Phi) is 5.43. The van der Waals surface area contributed by atoms with Crippen LogP contribution in [0.15, 0.2) is 30.6 Å². The van der Waals surface area contributed by atoms with Gasteiger partial charge in [-0.3, -0.25) is 4.79 Å². The van der Waals surface area contributed by atoms with E-state index in [0.29, 0.717) is 16.3 Å². The van der Waals surface area contributed by atoms with Gasteiger partial charge in [-0.25, -0.2) is 9.97 Å². The number of hydrogen-bond donors (Lipinski definition) is 2. The number of aromatic nitrogens is 2. The van der Waals surface area contributed by atoms with Crippen molar-refractivity contribution in [1.29, 1.82) is 5.26 Å². The molecule has 2 aromatic heterocycles. The lowest BCUT2D eigenvalue weighted by Crippen LogP contribution is -2.43. The van der Waals surface area contributed by atoms with Crippen LogP contribution in [0.25, 0.3) is 10.2 Å². The molecule has 0 radical (unpaired) electrons. The van der Waals surface area contributed by atoms with Crippen LogP contribution in [0.4, 0.5) is 11.5 Å². The fourth-order valence-electron chi connectivity index (χ4n) is 3.43. The van der Waals surface area contributed by atoms with E-state index in [1.165, 1.54) is 17.7 Å². The van der Waals surface area contributed by atoms with Crippen molar-refractivity contribution in [1.82, 2.24) is 20.2 Å². The lowest BCUT2D eigenvalue weighted by atomic mass is 10.1. The van der Waals surface area contributed by atoms with Crippen LogP contribution in [0.2, 0.25) is 0 Å². The first-order chi connectivity index (χ1) is 14.0. The molecule has 1 fully saturated rings. The summed E-state index contributed by atoms with van der Waals surface area (Å²) in [5.74, 6) is 0.563. The summed E-state index contributed by atoms with van der Waals surface area (Å²) in [5, 5.41) is 16.4. The van der Waals surface area contributed by atoms with Crippen LogP contribution in [0.5, 0.6) is 0 Å². The topological polar surface area (TPSA) is 93.9 Å². The van der Waals surface area contributed by atoms with Gasteiger partial charge >= 0.3 is 0 Å². The standard InChI is InChI=1S/C21H22N6OS/c1-13-3-4-16(9-14(13)11-22)25-19-17-10-18(29-21(17)24-12-23-19)20(28)26-15-5-7-27(2)8-6-15/h3-4,9-10,12,15H,5-8H2,1-2H3,(H,26,28)(H,23,24,25). The highest BCUT2D eigenvalue weighted by molar-refractivity contribution is 7.20. The summed E-state index contributed by atoms with van der Waals surface area (Å²) in [7, 11) is 2.10. The van der Waals surface area contributed by atoms with Crippen molar-refractivity contribution in [3.8, 4) is 6.07 Å². The predicted octanol–water partition coefficient (Wildman–Crippen LogP) is 3.44. The normalized spacial score (nSPS) is 15.2. The highest BCUT2D eigenvalue weighted by Crippen LogP contribution is 2.30. The number of anilines is 2. The van der Waals surface area contributed by atoms with Gasteiger partial charge in [0, 0.05) is 11.7 Å². The number of nitrogens with one attached hydrogen (secondary N) is 2. The quantitative estimate of drug-likeness (QED) is 0.689. The molecule has 0 bridgehead atoms. The number of amides is 1. The molecule has 0 unspecified atom stereocenters. The highest BCUT2D eigenvalue weighted by Gasteiger charge is 2.21. The Labute approximate surface area is 173 Å². The Balaban J connectivity index is 1.55. The van der Waals surface area contributed by atoms with Gasteiger partial charge in [-0.2, -0.15) is 5.26 Å². The van der Waals surface area contributed by atoms with E-state index in [-0.39, 0.29) is 11.9 Å². The minimum atomic E-state index is -0.0596. The van der Waals surface area contributed by atoms with E-state index < -0.39 is 0 Å². The third kappa shape index (κ3) is 4.21. The summed E-state index contributed by atoms with van der Waals surface area (Å²) in [6.07, 6.45) is 3.42. The van der Waals surface area contributed by atoms with Gasteiger partial charge in [0.1, 0.15) is 17.0 Å². The maximum Gasteiger partial charge on any atom is 0.261 e. The van der Waals surface area contributed by atoms with E-state index in [4.69, 9.17) is 0 Å². The maximum atomic E-state index is 12.7. The molecule has 8 heteroatoms. The van der Waals surface area contributed by atoms with Crippen molar-refractivity contribution in [3.05, 3.63) is 46.6 Å². The molecule has 0 spiro atoms. The molecular formula is C21H22N6OS. The highest BCUT2D eigenvalue weighted by atomic mass is 32.1. The minimum Gasteiger partial charge on any atom is -0.349 e. The number of likely N-dealkylation sites (tertiary alicyclic amines) is 1. The van der Waals surface area contributed by atoms with Crippen molar-refractivity contribution < 1.29 is 4.79 Å². The number of hydrogen-bond acceptors (Lipinski definition) is 7. The van der Waals surface area contributed by atoms with Crippen LogP contribution >= 0.6 is 11.3 Å². The van der Waals surface area contributed by atoms with E-state index in [2.05, 4.69) is 38.6 Å². The zero-order valence-corrected chi connectivity index (χ0v) is 17.2. The molecule has 1 amide bonds. The molecule has 0 atom stereocenters. The Morgan fingerprint density at radius 3 is 2.83 bits per heavy atom. The largest absolute Gasteiger partial charge is 0.349 e. The summed E-state index contributed by atoms with van der Waals surface area (Å²) in [5.41, 5.74) is 2.31. The Morgan fingerprint density at radius 1 is 1.28 bits per heavy atom. The zero-order chi connectivity index (χ0) is 20.4. The molecular weight excluding hydrogens is 384 g/mol. The minimum absolute atomic E-state index is 0.0596. The Bertz CT molecular complexity index is 1090. The van der Waals surface area contributed by atoms with Gasteiger partial charge < -0.3 is 15.5 Å². The first kappa shape index (κ1) is 19.3. The van der Waals surface area contributed by atoms with Gasteiger partial charge in [0.05, 0.1) is 21.9 Å². The number of carbonyl (C=O) groups excluding carboxylic acids is 1. The molecule has 1 aromatic carbocycles. The third-order valence-electron chi connectivity index (χ3n) is 5.23. The SMILES string of the molecule is Cc1ccc(Nc2ncnc3sc(C(=O)NC4CCN(C)CC4)cc23)cc1C#N. The first-order valence-electron chi connectivity index (χ1n) is 9.55. The van der Waals surface area contributed by atoms with E-state index >= 15 is 0 Å². The van der Waals surface area contributed by atoms with E-state index in [9.17, 15) is 10.1 Å². The summed E-state index contributed by atoms with van der Waals surface area (Å²) in [6.45, 7) is 3.90. The number of benzene rings is 1. The number of rotatable bonds is 4. The monoisotopic (exact) mass is 406 g/mol. The van der Waals surface area contributed by atoms with Gasteiger partial charge in [-0.05, 0) is 63.7 Å². The number of thiophene rings is 1. The van der Waals surface area contributed by atoms with Crippen LogP contribution in [0.3, 0.4) is 0 Å². The van der Waals surface area contributed by atoms with Gasteiger partial charge in [-0.1, -0.05) is 6.07 Å². The summed E-state index contributed by atoms with van der Waals surface area (Å²) < 4.78 is 0. The van der Waals surface area contributed by atoms with Crippen molar-refractivity contribution in [2.45, 2.75) is 25.8 Å². The number of nitriles is 1. The molecule has 3 heterocycles. The van der Waals surface area contributed by atoms with E-state index in [0.717, 1.165) is 47.4 Å². The molecule has 1 aliphatic rings. The molecule has 0 aliphatic carbocycles. The number of carbonyl (C=O) groups is 1. The molecule has 4 rings (SSSR count). The van der Waals surface area contributed by atoms with E-state index in [1.54, 1.807) is 6.07 Å². The Morgan fingerprint density at radius 2 is 2.07 bits per heavy atom. The zero-order valence-electron chi connectivity index (χ0n) is 16.4. The third-order valence-corrected chi connectivity index (χ3v) is 6.27. The van der Waals surface area contributed by atoms with Gasteiger partial charge in [-0.15, -0.1) is 11.3 Å². The molecule has 1 saturated heterocycles. The van der Waals surface area contributed by atoms with Gasteiger partial charge in [0.25, 0.3) is 5.91 Å². The molecule has 1 aliphatic heterocycles. The van der Waals surface area contributed by atoms with Crippen LogP contribution in [-0.2, 0) is 0 Å². The summed E-state index contributed by atoms with van der Waals surface area (Å²) in [6, 6.07) is 9.84. The fraction of sp³-hybridized carbons (Fsp3) is 0.333. The van der Waals surface area contributed by atoms with Gasteiger partial charge in [0.15, 0.2) is 0 Å². The molecule has 148 valence electrons. The second kappa shape index (κ2) is 8.15. The van der Waals surface area contributed by atoms with Crippen molar-refractivity contribution >= 4 is 39.0 Å². The van der Waals surface area contributed by atoms with Crippen molar-refractivity contribution in [3.63, 3.8) is 0 Å². The van der Waals surface area contributed by atoms with Crippen LogP contribution in [0, 0.1) is 18.3 Å². The second-order valence-electron chi connectivity index (χ2n) is 7.37. The molecule has 2 N–H and O–H groups in total. The number of piperidine rings is 1. The molecule has 3 aromatic rings.